The van der Waals surface area contributed by atoms with Crippen molar-refractivity contribution in [2.75, 3.05) is 6.54 Å². The van der Waals surface area contributed by atoms with Crippen molar-refractivity contribution >= 4 is 40.0 Å². The van der Waals surface area contributed by atoms with Gasteiger partial charge in [0.1, 0.15) is 23.9 Å². The summed E-state index contributed by atoms with van der Waals surface area (Å²) in [5.74, 6) is -3.80. The van der Waals surface area contributed by atoms with Crippen LogP contribution in [0.2, 0.25) is 0 Å². The van der Waals surface area contributed by atoms with Gasteiger partial charge in [-0.3, -0.25) is 23.7 Å². The molecular formula is C52H65N7O10S. The molecule has 18 heteroatoms. The Balaban J connectivity index is 1.31. The van der Waals surface area contributed by atoms with E-state index < -0.39 is 58.3 Å². The summed E-state index contributed by atoms with van der Waals surface area (Å²) >= 11 is 0. The average molecular weight is 980 g/mol. The molecule has 70 heavy (non-hydrogen) atoms. The maximum Gasteiger partial charge on any atom is 0.446 e. The van der Waals surface area contributed by atoms with Crippen LogP contribution in [-0.4, -0.2) is 87.9 Å². The van der Waals surface area contributed by atoms with Crippen LogP contribution in [0.1, 0.15) is 104 Å². The lowest BCUT2D eigenvalue weighted by atomic mass is 9.98. The number of carboxylic acids is 1. The third-order valence-corrected chi connectivity index (χ3v) is 12.1. The molecule has 0 aliphatic carbocycles. The molecular weight excluding hydrogens is 915 g/mol. The summed E-state index contributed by atoms with van der Waals surface area (Å²) in [7, 11) is -4.79. The van der Waals surface area contributed by atoms with E-state index in [9.17, 15) is 37.5 Å². The van der Waals surface area contributed by atoms with Crippen molar-refractivity contribution in [2.45, 2.75) is 121 Å². The Bertz CT molecular complexity index is 2520. The predicted molar refractivity (Wildman–Crippen MR) is 265 cm³/mol. The molecule has 4 aromatic carbocycles. The minimum absolute atomic E-state index is 0.0356. The van der Waals surface area contributed by atoms with Crippen molar-refractivity contribution in [1.29, 1.82) is 0 Å². The summed E-state index contributed by atoms with van der Waals surface area (Å²) in [6, 6.07) is 27.0. The molecule has 0 saturated carbocycles. The van der Waals surface area contributed by atoms with Crippen LogP contribution in [0.15, 0.2) is 122 Å². The summed E-state index contributed by atoms with van der Waals surface area (Å²) in [5, 5.41) is 21.2. The Labute approximate surface area is 410 Å². The first kappa shape index (κ1) is 54.1. The number of nitrogens with one attached hydrogen (secondary N) is 4. The van der Waals surface area contributed by atoms with Gasteiger partial charge in [-0.25, -0.2) is 9.78 Å². The van der Waals surface area contributed by atoms with Gasteiger partial charge in [-0.2, -0.15) is 8.42 Å². The zero-order valence-electron chi connectivity index (χ0n) is 39.7. The summed E-state index contributed by atoms with van der Waals surface area (Å²) in [5.41, 5.74) is 11.1. The number of carboxylic acid groups (broad SMARTS) is 1. The highest BCUT2D eigenvalue weighted by Crippen LogP contribution is 2.27. The molecule has 0 fully saturated rings. The number of carbonyl (C=O) groups excluding carboxylic acids is 4. The van der Waals surface area contributed by atoms with E-state index >= 15 is 0 Å². The number of aliphatic carboxylic acids is 1. The largest absolute Gasteiger partial charge is 0.480 e. The highest BCUT2D eigenvalue weighted by atomic mass is 32.3. The molecule has 8 N–H and O–H groups in total. The van der Waals surface area contributed by atoms with Gasteiger partial charge in [0.2, 0.25) is 23.6 Å². The summed E-state index contributed by atoms with van der Waals surface area (Å²) in [4.78, 5) is 71.9. The van der Waals surface area contributed by atoms with Gasteiger partial charge in [0.05, 0.1) is 24.1 Å². The van der Waals surface area contributed by atoms with Gasteiger partial charge in [-0.15, -0.1) is 0 Å². The standard InChI is InChI=1S/C52H65N7O10S/c1-3-4-5-6-13-21-47(60)54-30-15-14-20-44(56-49(61)43(53)33-41-34-59(35-55-41)48(39-16-9-7-10-17-39)40-18-11-8-12-19-40)50(62)57-45(31-37-24-22-36(2)23-25-37)51(63)58-46(52(64)65)32-38-26-28-42(29-27-38)69-70(66,67)68/h7-12,16-19,22-29,34-35,43-46,48H,3-6,13-15,20-21,30-33,53H2,1-2H3,(H,54,60)(H,56,61)(H,57,62)(H,58,63)(H,64,65)(H,66,67,68)/t43-,44-,45+,46-/m0/s1. The number of carbonyl (C=O) groups is 5. The van der Waals surface area contributed by atoms with E-state index in [4.69, 9.17) is 10.3 Å². The molecule has 1 aromatic heterocycles. The normalized spacial score (nSPS) is 13.1. The first-order chi connectivity index (χ1) is 33.6. The van der Waals surface area contributed by atoms with Gasteiger partial charge >= 0.3 is 16.4 Å². The zero-order chi connectivity index (χ0) is 50.5. The molecule has 374 valence electrons. The van der Waals surface area contributed by atoms with E-state index in [0.717, 1.165) is 48.8 Å². The molecule has 17 nitrogen and oxygen atoms in total. The number of amides is 4. The number of nitrogens with two attached hydrogens (primary N) is 1. The van der Waals surface area contributed by atoms with Gasteiger partial charge < -0.3 is 40.9 Å². The smallest absolute Gasteiger partial charge is 0.446 e. The molecule has 1 heterocycles. The molecule has 4 atom stereocenters. The molecule has 4 amide bonds. The van der Waals surface area contributed by atoms with Crippen LogP contribution in [0.3, 0.4) is 0 Å². The molecule has 5 aromatic rings. The molecule has 0 saturated heterocycles. The average Bonchev–Trinajstić information content (AvgIpc) is 3.79. The first-order valence-electron chi connectivity index (χ1n) is 23.7. The second-order valence-corrected chi connectivity index (χ2v) is 18.4. The number of hydrogen-bond donors (Lipinski definition) is 7. The molecule has 0 unspecified atom stereocenters. The van der Waals surface area contributed by atoms with Crippen LogP contribution in [0.4, 0.5) is 0 Å². The first-order valence-corrected chi connectivity index (χ1v) is 25.0. The molecule has 5 rings (SSSR count). The number of rotatable bonds is 29. The van der Waals surface area contributed by atoms with Crippen LogP contribution in [0, 0.1) is 6.92 Å². The second-order valence-electron chi connectivity index (χ2n) is 17.4. The maximum absolute atomic E-state index is 14.4. The Morgan fingerprint density at radius 1 is 0.686 bits per heavy atom. The SMILES string of the molecule is CCCCCCCC(=O)NCCCC[C@H](NC(=O)[C@@H](N)Cc1cn(C(c2ccccc2)c2ccccc2)cn1)C(=O)N[C@H](Cc1ccc(C)cc1)C(=O)N[C@@H](Cc1ccc(OS(=O)(=O)O)cc1)C(=O)O. The molecule has 0 bridgehead atoms. The molecule has 0 aliphatic heterocycles. The van der Waals surface area contributed by atoms with Crippen molar-refractivity contribution in [3.05, 3.63) is 155 Å². The van der Waals surface area contributed by atoms with Crippen LogP contribution < -0.4 is 31.2 Å². The Morgan fingerprint density at radius 3 is 1.84 bits per heavy atom. The van der Waals surface area contributed by atoms with E-state index in [1.54, 1.807) is 18.5 Å². The van der Waals surface area contributed by atoms with Crippen LogP contribution in [0.5, 0.6) is 5.75 Å². The van der Waals surface area contributed by atoms with Crippen molar-refractivity contribution in [3.8, 4) is 5.75 Å². The van der Waals surface area contributed by atoms with E-state index in [1.165, 1.54) is 24.3 Å². The number of hydrogen-bond acceptors (Lipinski definition) is 10. The number of imidazole rings is 1. The fourth-order valence-corrected chi connectivity index (χ4v) is 8.28. The maximum atomic E-state index is 14.4. The number of nitrogens with zero attached hydrogens (tertiary/aromatic N) is 2. The lowest BCUT2D eigenvalue weighted by Crippen LogP contribution is -2.58. The Hall–Kier alpha value is -6.89. The van der Waals surface area contributed by atoms with Gasteiger partial charge in [0.25, 0.3) is 0 Å². The van der Waals surface area contributed by atoms with E-state index in [2.05, 4.69) is 37.4 Å². The highest BCUT2D eigenvalue weighted by Gasteiger charge is 2.31. The molecule has 0 aliphatic rings. The highest BCUT2D eigenvalue weighted by molar-refractivity contribution is 7.81. The van der Waals surface area contributed by atoms with Gasteiger partial charge in [-0.05, 0) is 67.0 Å². The van der Waals surface area contributed by atoms with Crippen LogP contribution in [-0.2, 0) is 53.6 Å². The predicted octanol–water partition coefficient (Wildman–Crippen LogP) is 5.55. The van der Waals surface area contributed by atoms with Gasteiger partial charge in [0, 0.05) is 38.4 Å². The fraction of sp³-hybridized carbons (Fsp3) is 0.385. The Morgan fingerprint density at radius 2 is 1.24 bits per heavy atom. The lowest BCUT2D eigenvalue weighted by Gasteiger charge is -2.25. The summed E-state index contributed by atoms with van der Waals surface area (Å²) < 4.78 is 37.7. The molecule has 0 spiro atoms. The second kappa shape index (κ2) is 27.3. The zero-order valence-corrected chi connectivity index (χ0v) is 40.5. The quantitative estimate of drug-likeness (QED) is 0.0230. The van der Waals surface area contributed by atoms with E-state index in [0.29, 0.717) is 42.6 Å². The van der Waals surface area contributed by atoms with Crippen molar-refractivity contribution in [1.82, 2.24) is 30.8 Å². The van der Waals surface area contributed by atoms with E-state index in [-0.39, 0.29) is 43.4 Å². The van der Waals surface area contributed by atoms with Crippen molar-refractivity contribution < 1.29 is 46.2 Å². The van der Waals surface area contributed by atoms with Gasteiger partial charge in [0.15, 0.2) is 0 Å². The minimum atomic E-state index is -4.79. The number of unbranched alkanes of at least 4 members (excludes halogenated alkanes) is 5. The topological polar surface area (TPSA) is 261 Å². The Kier molecular flexibility index (Phi) is 21.1. The summed E-state index contributed by atoms with van der Waals surface area (Å²) in [6.45, 7) is 4.38. The number of aryl methyl sites for hydroxylation is 1. The molecule has 0 radical (unpaired) electrons. The third-order valence-electron chi connectivity index (χ3n) is 11.7. The number of benzene rings is 4. The van der Waals surface area contributed by atoms with Crippen molar-refractivity contribution in [2.24, 2.45) is 5.73 Å². The van der Waals surface area contributed by atoms with Crippen LogP contribution in [0.25, 0.3) is 0 Å². The van der Waals surface area contributed by atoms with Crippen molar-refractivity contribution in [3.63, 3.8) is 0 Å². The fourth-order valence-electron chi connectivity index (χ4n) is 7.93. The minimum Gasteiger partial charge on any atom is -0.480 e. The lowest BCUT2D eigenvalue weighted by molar-refractivity contribution is -0.142. The third kappa shape index (κ3) is 18.2. The van der Waals surface area contributed by atoms with E-state index in [1.807, 2.05) is 90.5 Å². The number of aromatic nitrogens is 2. The monoisotopic (exact) mass is 979 g/mol. The summed E-state index contributed by atoms with van der Waals surface area (Å²) in [6.07, 6.45) is 9.84. The van der Waals surface area contributed by atoms with Crippen LogP contribution >= 0.6 is 0 Å². The van der Waals surface area contributed by atoms with Gasteiger partial charge in [-0.1, -0.05) is 135 Å².